The van der Waals surface area contributed by atoms with E-state index in [0.29, 0.717) is 23.6 Å². The minimum atomic E-state index is -0.634. The van der Waals surface area contributed by atoms with Crippen LogP contribution in [0.5, 0.6) is 0 Å². The van der Waals surface area contributed by atoms with E-state index in [9.17, 15) is 9.59 Å². The minimum Gasteiger partial charge on any atom is -0.467 e. The summed E-state index contributed by atoms with van der Waals surface area (Å²) in [5, 5.41) is 5.66. The van der Waals surface area contributed by atoms with Gasteiger partial charge in [-0.15, -0.1) is 0 Å². The third-order valence-corrected chi connectivity index (χ3v) is 6.23. The van der Waals surface area contributed by atoms with Crippen molar-refractivity contribution in [1.82, 2.24) is 15.5 Å². The zero-order valence-electron chi connectivity index (χ0n) is 16.4. The highest BCUT2D eigenvalue weighted by Crippen LogP contribution is 2.36. The van der Waals surface area contributed by atoms with E-state index in [1.54, 1.807) is 25.3 Å². The first-order valence-electron chi connectivity index (χ1n) is 10.4. The number of esters is 1. The second kappa shape index (κ2) is 8.39. The fourth-order valence-corrected chi connectivity index (χ4v) is 4.90. The van der Waals surface area contributed by atoms with Crippen LogP contribution in [0.25, 0.3) is 0 Å². The summed E-state index contributed by atoms with van der Waals surface area (Å²) in [7, 11) is 0. The molecule has 2 fully saturated rings. The van der Waals surface area contributed by atoms with Crippen LogP contribution in [0.2, 0.25) is 0 Å². The van der Waals surface area contributed by atoms with Crippen LogP contribution in [0.3, 0.4) is 0 Å². The van der Waals surface area contributed by atoms with E-state index < -0.39 is 12.0 Å². The van der Waals surface area contributed by atoms with Gasteiger partial charge in [0.2, 0.25) is 0 Å². The molecule has 28 heavy (non-hydrogen) atoms. The molecule has 3 unspecified atom stereocenters. The van der Waals surface area contributed by atoms with Gasteiger partial charge in [0.1, 0.15) is 11.8 Å². The summed E-state index contributed by atoms with van der Waals surface area (Å²) in [6.07, 6.45) is 8.03. The lowest BCUT2D eigenvalue weighted by atomic mass is 9.75. The van der Waals surface area contributed by atoms with Gasteiger partial charge in [0, 0.05) is 18.8 Å². The van der Waals surface area contributed by atoms with Crippen LogP contribution in [0.4, 0.5) is 4.79 Å². The summed E-state index contributed by atoms with van der Waals surface area (Å²) in [4.78, 5) is 27.4. The van der Waals surface area contributed by atoms with Crippen molar-refractivity contribution in [1.29, 1.82) is 0 Å². The fourth-order valence-electron chi connectivity index (χ4n) is 4.90. The topological polar surface area (TPSA) is 83.8 Å². The number of ether oxygens (including phenoxy) is 1. The first-order chi connectivity index (χ1) is 13.7. The Morgan fingerprint density at radius 3 is 2.86 bits per heavy atom. The van der Waals surface area contributed by atoms with Gasteiger partial charge in [0.05, 0.1) is 18.4 Å². The van der Waals surface area contributed by atoms with E-state index in [1.165, 1.54) is 32.1 Å². The third-order valence-electron chi connectivity index (χ3n) is 6.23. The van der Waals surface area contributed by atoms with Crippen molar-refractivity contribution >= 4 is 12.0 Å². The lowest BCUT2D eigenvalue weighted by Gasteiger charge is -2.42. The number of rotatable bonds is 5. The van der Waals surface area contributed by atoms with Crippen LogP contribution in [0.1, 0.15) is 50.8 Å². The van der Waals surface area contributed by atoms with Gasteiger partial charge in [-0.2, -0.15) is 0 Å². The second-order valence-corrected chi connectivity index (χ2v) is 7.99. The molecule has 3 aliphatic rings. The fraction of sp³-hybridized carbons (Fsp3) is 0.619. The van der Waals surface area contributed by atoms with Crippen LogP contribution in [0.15, 0.2) is 34.1 Å². The Morgan fingerprint density at radius 1 is 1.29 bits per heavy atom. The van der Waals surface area contributed by atoms with Crippen LogP contribution in [0, 0.1) is 11.8 Å². The van der Waals surface area contributed by atoms with E-state index in [1.807, 2.05) is 0 Å². The predicted molar refractivity (Wildman–Crippen MR) is 103 cm³/mol. The van der Waals surface area contributed by atoms with E-state index in [2.05, 4.69) is 15.5 Å². The van der Waals surface area contributed by atoms with Crippen molar-refractivity contribution in [2.75, 3.05) is 26.2 Å². The van der Waals surface area contributed by atoms with Gasteiger partial charge in [-0.1, -0.05) is 19.3 Å². The average molecular weight is 387 g/mol. The van der Waals surface area contributed by atoms with Crippen LogP contribution < -0.4 is 10.6 Å². The molecule has 3 atom stereocenters. The number of furan rings is 1. The molecule has 0 bridgehead atoms. The molecule has 2 N–H and O–H groups in total. The average Bonchev–Trinajstić information content (AvgIpc) is 3.22. The summed E-state index contributed by atoms with van der Waals surface area (Å²) in [6.45, 7) is 4.63. The Bertz CT molecular complexity index is 743. The maximum atomic E-state index is 12.8. The van der Waals surface area contributed by atoms with Crippen molar-refractivity contribution in [3.8, 4) is 0 Å². The first-order valence-corrected chi connectivity index (χ1v) is 10.4. The molecule has 7 nitrogen and oxygen atoms in total. The number of nitrogens with one attached hydrogen (secondary N) is 2. The van der Waals surface area contributed by atoms with Gasteiger partial charge in [0.25, 0.3) is 0 Å². The molecule has 4 rings (SSSR count). The number of urea groups is 1. The van der Waals surface area contributed by atoms with Crippen LogP contribution in [-0.2, 0) is 9.53 Å². The number of hydrogen-bond acceptors (Lipinski definition) is 5. The Kier molecular flexibility index (Phi) is 5.71. The van der Waals surface area contributed by atoms with Crippen molar-refractivity contribution in [2.45, 2.75) is 45.1 Å². The lowest BCUT2D eigenvalue weighted by molar-refractivity contribution is -0.139. The molecule has 1 aliphatic carbocycles. The predicted octanol–water partition coefficient (Wildman–Crippen LogP) is 2.96. The van der Waals surface area contributed by atoms with E-state index in [-0.39, 0.29) is 12.6 Å². The number of carbonyl (C=O) groups is 2. The molecule has 3 heterocycles. The summed E-state index contributed by atoms with van der Waals surface area (Å²) in [5.41, 5.74) is 1.06. The van der Waals surface area contributed by atoms with Gasteiger partial charge >= 0.3 is 12.0 Å². The van der Waals surface area contributed by atoms with Crippen LogP contribution in [-0.4, -0.2) is 43.1 Å². The Balaban J connectivity index is 1.59. The summed E-state index contributed by atoms with van der Waals surface area (Å²) in [6, 6.07) is 2.56. The molecule has 152 valence electrons. The molecule has 1 aromatic rings. The minimum absolute atomic E-state index is 0.280. The van der Waals surface area contributed by atoms with Gasteiger partial charge in [0.15, 0.2) is 0 Å². The van der Waals surface area contributed by atoms with Crippen molar-refractivity contribution in [2.24, 2.45) is 11.8 Å². The number of fused-ring (bicyclic) bond motifs is 1. The molecular formula is C21H29N3O4. The number of likely N-dealkylation sites (tertiary alicyclic amines) is 1. The smallest absolute Gasteiger partial charge is 0.338 e. The molecule has 0 aromatic carbocycles. The highest BCUT2D eigenvalue weighted by molar-refractivity contribution is 5.95. The maximum absolute atomic E-state index is 12.8. The third kappa shape index (κ3) is 3.94. The summed E-state index contributed by atoms with van der Waals surface area (Å²) >= 11 is 0. The molecule has 0 radical (unpaired) electrons. The quantitative estimate of drug-likeness (QED) is 0.759. The van der Waals surface area contributed by atoms with Crippen molar-refractivity contribution in [3.05, 3.63) is 35.4 Å². The maximum Gasteiger partial charge on any atom is 0.338 e. The molecule has 7 heteroatoms. The number of amides is 2. The van der Waals surface area contributed by atoms with E-state index in [0.717, 1.165) is 24.9 Å². The first kappa shape index (κ1) is 19.1. The van der Waals surface area contributed by atoms with E-state index in [4.69, 9.17) is 9.15 Å². The van der Waals surface area contributed by atoms with Crippen LogP contribution >= 0.6 is 0 Å². The lowest BCUT2D eigenvalue weighted by Crippen LogP contribution is -2.50. The number of carbonyl (C=O) groups excluding carboxylic acids is 2. The number of piperidine rings is 1. The normalized spacial score (nSPS) is 28.3. The van der Waals surface area contributed by atoms with E-state index >= 15 is 0 Å². The molecule has 2 aliphatic heterocycles. The molecule has 2 amide bonds. The SMILES string of the molecule is CCOC(=O)C1=C(CN2CCC3CCCCC3C2)NC(=O)NC1c1ccco1. The van der Waals surface area contributed by atoms with Gasteiger partial charge in [-0.3, -0.25) is 4.90 Å². The number of hydrogen-bond donors (Lipinski definition) is 2. The van der Waals surface area contributed by atoms with Gasteiger partial charge in [-0.05, 0) is 50.3 Å². The summed E-state index contributed by atoms with van der Waals surface area (Å²) < 4.78 is 10.8. The zero-order chi connectivity index (χ0) is 19.5. The monoisotopic (exact) mass is 387 g/mol. The molecular weight excluding hydrogens is 358 g/mol. The largest absolute Gasteiger partial charge is 0.467 e. The van der Waals surface area contributed by atoms with Crippen molar-refractivity contribution in [3.63, 3.8) is 0 Å². The van der Waals surface area contributed by atoms with Crippen molar-refractivity contribution < 1.29 is 18.7 Å². The number of nitrogens with zero attached hydrogens (tertiary/aromatic N) is 1. The summed E-state index contributed by atoms with van der Waals surface area (Å²) in [5.74, 6) is 1.68. The zero-order valence-corrected chi connectivity index (χ0v) is 16.4. The highest BCUT2D eigenvalue weighted by atomic mass is 16.5. The molecule has 1 saturated heterocycles. The van der Waals surface area contributed by atoms with Gasteiger partial charge in [-0.25, -0.2) is 9.59 Å². The molecule has 1 saturated carbocycles. The molecule has 0 spiro atoms. The standard InChI is InChI=1S/C21H29N3O4/c1-2-27-20(25)18-16(22-21(26)23-19(18)17-8-5-11-28-17)13-24-10-9-14-6-3-4-7-15(14)12-24/h5,8,11,14-15,19H,2-4,6-7,9-10,12-13H2,1H3,(H2,22,23,26). The Labute approximate surface area is 165 Å². The Hall–Kier alpha value is -2.28. The van der Waals surface area contributed by atoms with Gasteiger partial charge < -0.3 is 19.8 Å². The second-order valence-electron chi connectivity index (χ2n) is 7.99. The molecule has 1 aromatic heterocycles. The Morgan fingerprint density at radius 2 is 2.11 bits per heavy atom. The highest BCUT2D eigenvalue weighted by Gasteiger charge is 2.37.